The Bertz CT molecular complexity index is 583. The van der Waals surface area contributed by atoms with Gasteiger partial charge in [0.15, 0.2) is 0 Å². The number of hydrogen-bond acceptors (Lipinski definition) is 4. The van der Waals surface area contributed by atoms with Gasteiger partial charge >= 0.3 is 6.09 Å². The molecule has 1 amide bonds. The number of nitrogens with one attached hydrogen (secondary N) is 1. The Labute approximate surface area is 125 Å². The van der Waals surface area contributed by atoms with Crippen LogP contribution in [0.1, 0.15) is 17.5 Å². The molecule has 1 heterocycles. The quantitative estimate of drug-likeness (QED) is 0.769. The molecule has 0 aliphatic carbocycles. The summed E-state index contributed by atoms with van der Waals surface area (Å²) in [6.07, 6.45) is 0.250. The normalized spacial score (nSPS) is 15.3. The van der Waals surface area contributed by atoms with Crippen LogP contribution in [0.3, 0.4) is 0 Å². The van der Waals surface area contributed by atoms with Gasteiger partial charge in [-0.05, 0) is 18.9 Å². The number of hydrogen-bond donors (Lipinski definition) is 1. The molecule has 1 aromatic rings. The van der Waals surface area contributed by atoms with E-state index >= 15 is 0 Å². The Morgan fingerprint density at radius 2 is 2.00 bits per heavy atom. The van der Waals surface area contributed by atoms with Crippen molar-refractivity contribution in [3.63, 3.8) is 0 Å². The molecule has 1 fully saturated rings. The van der Waals surface area contributed by atoms with Crippen molar-refractivity contribution in [2.75, 3.05) is 26.2 Å². The first kappa shape index (κ1) is 15.8. The molecule has 6 nitrogen and oxygen atoms in total. The number of nitrogens with zero attached hydrogens (tertiary/aromatic N) is 1. The summed E-state index contributed by atoms with van der Waals surface area (Å²) >= 11 is 0. The monoisotopic (exact) mass is 312 g/mol. The lowest BCUT2D eigenvalue weighted by molar-refractivity contribution is 0.158. The molecular weight excluding hydrogens is 292 g/mol. The van der Waals surface area contributed by atoms with E-state index in [9.17, 15) is 13.2 Å². The molecule has 0 atom stereocenters. The molecule has 21 heavy (non-hydrogen) atoms. The van der Waals surface area contributed by atoms with Gasteiger partial charge < -0.3 is 9.64 Å². The summed E-state index contributed by atoms with van der Waals surface area (Å²) in [6, 6.07) is 7.41. The number of carbonyl (C=O) groups excluding carboxylic acids is 1. The highest BCUT2D eigenvalue weighted by molar-refractivity contribution is 7.88. The molecule has 7 heteroatoms. The Morgan fingerprint density at radius 1 is 1.29 bits per heavy atom. The van der Waals surface area contributed by atoms with Gasteiger partial charge in [-0.15, -0.1) is 0 Å². The zero-order chi connectivity index (χ0) is 15.3. The fraction of sp³-hybridized carbons (Fsp3) is 0.500. The first-order valence-electron chi connectivity index (χ1n) is 6.91. The minimum Gasteiger partial charge on any atom is -0.448 e. The van der Waals surface area contributed by atoms with Crippen LogP contribution >= 0.6 is 0 Å². The molecule has 0 bridgehead atoms. The minimum absolute atomic E-state index is 0.0287. The molecule has 1 saturated heterocycles. The van der Waals surface area contributed by atoms with E-state index < -0.39 is 10.0 Å². The smallest absolute Gasteiger partial charge is 0.409 e. The molecule has 1 aliphatic heterocycles. The average molecular weight is 312 g/mol. The van der Waals surface area contributed by atoms with Crippen LogP contribution in [-0.4, -0.2) is 45.7 Å². The van der Waals surface area contributed by atoms with Crippen molar-refractivity contribution >= 4 is 16.1 Å². The van der Waals surface area contributed by atoms with Crippen LogP contribution < -0.4 is 4.72 Å². The maximum Gasteiger partial charge on any atom is 0.409 e. The van der Waals surface area contributed by atoms with Crippen molar-refractivity contribution in [2.24, 2.45) is 0 Å². The van der Waals surface area contributed by atoms with Gasteiger partial charge in [0, 0.05) is 13.1 Å². The van der Waals surface area contributed by atoms with Crippen LogP contribution in [0.4, 0.5) is 4.79 Å². The largest absolute Gasteiger partial charge is 0.448 e. The minimum atomic E-state index is -3.34. The van der Waals surface area contributed by atoms with Crippen molar-refractivity contribution in [2.45, 2.75) is 19.1 Å². The lowest BCUT2D eigenvalue weighted by Gasteiger charge is -2.12. The van der Waals surface area contributed by atoms with Gasteiger partial charge in [-0.2, -0.15) is 0 Å². The SMILES string of the molecule is Cc1ccc(CS(=O)(=O)NCCCN2CCOC2=O)cc1. The van der Waals surface area contributed by atoms with Gasteiger partial charge in [-0.1, -0.05) is 29.8 Å². The molecular formula is C14H20N2O4S. The van der Waals surface area contributed by atoms with E-state index in [0.29, 0.717) is 32.7 Å². The van der Waals surface area contributed by atoms with E-state index in [-0.39, 0.29) is 11.8 Å². The topological polar surface area (TPSA) is 75.7 Å². The Balaban J connectivity index is 1.73. The van der Waals surface area contributed by atoms with Crippen LogP contribution in [0, 0.1) is 6.92 Å². The highest BCUT2D eigenvalue weighted by Gasteiger charge is 2.21. The number of cyclic esters (lactones) is 1. The van der Waals surface area contributed by atoms with Gasteiger partial charge in [0.2, 0.25) is 10.0 Å². The predicted octanol–water partition coefficient (Wildman–Crippen LogP) is 1.26. The second-order valence-electron chi connectivity index (χ2n) is 5.09. The molecule has 0 spiro atoms. The zero-order valence-electron chi connectivity index (χ0n) is 12.0. The number of sulfonamides is 1. The summed E-state index contributed by atoms with van der Waals surface area (Å²) in [5, 5.41) is 0. The molecule has 0 radical (unpaired) electrons. The lowest BCUT2D eigenvalue weighted by Crippen LogP contribution is -2.31. The third-order valence-electron chi connectivity index (χ3n) is 3.25. The molecule has 0 unspecified atom stereocenters. The average Bonchev–Trinajstić information content (AvgIpc) is 2.83. The van der Waals surface area contributed by atoms with Gasteiger partial charge in [-0.25, -0.2) is 17.9 Å². The maximum absolute atomic E-state index is 11.9. The zero-order valence-corrected chi connectivity index (χ0v) is 12.9. The molecule has 0 saturated carbocycles. The maximum atomic E-state index is 11.9. The summed E-state index contributed by atoms with van der Waals surface area (Å²) in [7, 11) is -3.34. The van der Waals surface area contributed by atoms with Crippen LogP contribution in [0.25, 0.3) is 0 Å². The van der Waals surface area contributed by atoms with E-state index in [2.05, 4.69) is 4.72 Å². The third-order valence-corrected chi connectivity index (χ3v) is 4.61. The number of aryl methyl sites for hydroxylation is 1. The summed E-state index contributed by atoms with van der Waals surface area (Å²) < 4.78 is 31.2. The Morgan fingerprint density at radius 3 is 2.62 bits per heavy atom. The van der Waals surface area contributed by atoms with Gasteiger partial charge in [0.05, 0.1) is 12.3 Å². The molecule has 116 valence electrons. The molecule has 1 aliphatic rings. The van der Waals surface area contributed by atoms with Crippen molar-refractivity contribution in [3.8, 4) is 0 Å². The lowest BCUT2D eigenvalue weighted by atomic mass is 10.2. The highest BCUT2D eigenvalue weighted by atomic mass is 32.2. The second-order valence-corrected chi connectivity index (χ2v) is 6.90. The van der Waals surface area contributed by atoms with Gasteiger partial charge in [-0.3, -0.25) is 0 Å². The number of benzene rings is 1. The first-order chi connectivity index (χ1) is 9.96. The van der Waals surface area contributed by atoms with Crippen molar-refractivity contribution in [1.29, 1.82) is 0 Å². The van der Waals surface area contributed by atoms with E-state index in [1.54, 1.807) is 4.90 Å². The van der Waals surface area contributed by atoms with E-state index in [0.717, 1.165) is 11.1 Å². The Hall–Kier alpha value is -1.60. The summed E-state index contributed by atoms with van der Waals surface area (Å²) in [5.74, 6) is -0.0287. The van der Waals surface area contributed by atoms with Crippen LogP contribution in [0.2, 0.25) is 0 Å². The molecule has 0 aromatic heterocycles. The number of carbonyl (C=O) groups is 1. The highest BCUT2D eigenvalue weighted by Crippen LogP contribution is 2.07. The number of rotatable bonds is 7. The summed E-state index contributed by atoms with van der Waals surface area (Å²) in [4.78, 5) is 12.8. The Kier molecular flexibility index (Phi) is 5.19. The number of amides is 1. The fourth-order valence-corrected chi connectivity index (χ4v) is 3.27. The molecule has 1 N–H and O–H groups in total. The van der Waals surface area contributed by atoms with Crippen LogP contribution in [0.5, 0.6) is 0 Å². The second kappa shape index (κ2) is 6.91. The molecule has 2 rings (SSSR count). The summed E-state index contributed by atoms with van der Waals surface area (Å²) in [6.45, 7) is 3.77. The standard InChI is InChI=1S/C14H20N2O4S/c1-12-3-5-13(6-4-12)11-21(18,19)15-7-2-8-16-9-10-20-14(16)17/h3-6,15H,2,7-11H2,1H3. The van der Waals surface area contributed by atoms with E-state index in [1.165, 1.54) is 0 Å². The van der Waals surface area contributed by atoms with Crippen molar-refractivity contribution in [3.05, 3.63) is 35.4 Å². The summed E-state index contributed by atoms with van der Waals surface area (Å²) in [5.41, 5.74) is 1.86. The number of ether oxygens (including phenoxy) is 1. The van der Waals surface area contributed by atoms with Gasteiger partial charge in [0.25, 0.3) is 0 Å². The van der Waals surface area contributed by atoms with Crippen LogP contribution in [0.15, 0.2) is 24.3 Å². The van der Waals surface area contributed by atoms with Crippen molar-refractivity contribution in [1.82, 2.24) is 9.62 Å². The van der Waals surface area contributed by atoms with Crippen LogP contribution in [-0.2, 0) is 20.5 Å². The molecule has 1 aromatic carbocycles. The van der Waals surface area contributed by atoms with Gasteiger partial charge in [0.1, 0.15) is 6.61 Å². The first-order valence-corrected chi connectivity index (χ1v) is 8.56. The van der Waals surface area contributed by atoms with E-state index in [1.807, 2.05) is 31.2 Å². The third kappa shape index (κ3) is 5.02. The van der Waals surface area contributed by atoms with Crippen molar-refractivity contribution < 1.29 is 17.9 Å². The van der Waals surface area contributed by atoms with E-state index in [4.69, 9.17) is 4.74 Å². The fourth-order valence-electron chi connectivity index (χ4n) is 2.08. The predicted molar refractivity (Wildman–Crippen MR) is 79.3 cm³/mol.